The van der Waals surface area contributed by atoms with Gasteiger partial charge in [-0.25, -0.2) is 4.39 Å². The van der Waals surface area contributed by atoms with Crippen molar-refractivity contribution in [3.05, 3.63) is 59.4 Å². The van der Waals surface area contributed by atoms with Crippen LogP contribution in [0.3, 0.4) is 0 Å². The fourth-order valence-corrected chi connectivity index (χ4v) is 3.28. The normalized spacial score (nSPS) is 14.4. The number of amides is 2. The number of hydrogen-bond donors (Lipinski definition) is 0. The summed E-state index contributed by atoms with van der Waals surface area (Å²) in [6.45, 7) is 1.66. The minimum absolute atomic E-state index is 0.0525. The molecule has 0 unspecified atom stereocenters. The predicted octanol–water partition coefficient (Wildman–Crippen LogP) is 2.83. The summed E-state index contributed by atoms with van der Waals surface area (Å²) in [6, 6.07) is 11.0. The quantitative estimate of drug-likeness (QED) is 0.811. The molecule has 0 aliphatic carbocycles. The number of hydrogen-bond acceptors (Lipinski definition) is 4. The first-order valence-electron chi connectivity index (χ1n) is 9.10. The molecule has 0 saturated carbocycles. The molecule has 1 aliphatic rings. The molecular weight excluding hydrogens is 363 g/mol. The van der Waals surface area contributed by atoms with Gasteiger partial charge in [0, 0.05) is 26.2 Å². The van der Waals surface area contributed by atoms with Crippen molar-refractivity contribution in [3.8, 4) is 11.5 Å². The lowest BCUT2D eigenvalue weighted by atomic mass is 10.1. The zero-order valence-corrected chi connectivity index (χ0v) is 16.0. The van der Waals surface area contributed by atoms with E-state index in [1.54, 1.807) is 40.1 Å². The summed E-state index contributed by atoms with van der Waals surface area (Å²) >= 11 is 0. The Kier molecular flexibility index (Phi) is 6.13. The molecule has 1 aliphatic heterocycles. The van der Waals surface area contributed by atoms with Crippen LogP contribution < -0.4 is 9.47 Å². The molecule has 2 aromatic rings. The van der Waals surface area contributed by atoms with Gasteiger partial charge in [0.15, 0.2) is 0 Å². The molecule has 1 fully saturated rings. The van der Waals surface area contributed by atoms with E-state index in [1.807, 2.05) is 0 Å². The lowest BCUT2D eigenvalue weighted by Crippen LogP contribution is -2.37. The third-order valence-electron chi connectivity index (χ3n) is 4.81. The molecule has 3 rings (SSSR count). The number of methoxy groups -OCH3 is 2. The molecule has 0 spiro atoms. The summed E-state index contributed by atoms with van der Waals surface area (Å²) in [5.41, 5.74) is 0.465. The van der Waals surface area contributed by atoms with E-state index < -0.39 is 5.82 Å². The van der Waals surface area contributed by atoms with Gasteiger partial charge in [0.1, 0.15) is 17.3 Å². The fourth-order valence-electron chi connectivity index (χ4n) is 3.28. The Labute approximate surface area is 163 Å². The Bertz CT molecular complexity index is 871. The number of ether oxygens (including phenoxy) is 2. The van der Waals surface area contributed by atoms with Crippen molar-refractivity contribution in [3.63, 3.8) is 0 Å². The van der Waals surface area contributed by atoms with Gasteiger partial charge in [-0.3, -0.25) is 9.59 Å². The summed E-state index contributed by atoms with van der Waals surface area (Å²) in [4.78, 5) is 29.0. The van der Waals surface area contributed by atoms with Crippen molar-refractivity contribution in [2.24, 2.45) is 0 Å². The smallest absolute Gasteiger partial charge is 0.257 e. The Morgan fingerprint density at radius 3 is 2.11 bits per heavy atom. The number of halogens is 1. The first-order valence-corrected chi connectivity index (χ1v) is 9.10. The second-order valence-electron chi connectivity index (χ2n) is 6.48. The molecule has 2 aromatic carbocycles. The van der Waals surface area contributed by atoms with Gasteiger partial charge in [-0.1, -0.05) is 12.1 Å². The predicted molar refractivity (Wildman–Crippen MR) is 102 cm³/mol. The van der Waals surface area contributed by atoms with Crippen molar-refractivity contribution in [2.45, 2.75) is 6.42 Å². The van der Waals surface area contributed by atoms with Crippen LogP contribution in [0.5, 0.6) is 11.5 Å². The fraction of sp³-hybridized carbons (Fsp3) is 0.333. The third kappa shape index (κ3) is 4.08. The number of carbonyl (C=O) groups excluding carboxylic acids is 2. The maximum absolute atomic E-state index is 13.9. The lowest BCUT2D eigenvalue weighted by Gasteiger charge is -2.23. The largest absolute Gasteiger partial charge is 0.497 e. The van der Waals surface area contributed by atoms with Gasteiger partial charge in [-0.05, 0) is 36.8 Å². The summed E-state index contributed by atoms with van der Waals surface area (Å²) in [6.07, 6.45) is 0.609. The Balaban J connectivity index is 1.74. The number of carbonyl (C=O) groups is 2. The van der Waals surface area contributed by atoms with Gasteiger partial charge >= 0.3 is 0 Å². The number of benzene rings is 2. The van der Waals surface area contributed by atoms with E-state index in [-0.39, 0.29) is 17.4 Å². The van der Waals surface area contributed by atoms with E-state index in [9.17, 15) is 14.0 Å². The number of nitrogens with zero attached hydrogens (tertiary/aromatic N) is 2. The van der Waals surface area contributed by atoms with Crippen LogP contribution in [0, 0.1) is 5.82 Å². The average Bonchev–Trinajstić information content (AvgIpc) is 2.99. The third-order valence-corrected chi connectivity index (χ3v) is 4.81. The molecule has 0 aromatic heterocycles. The zero-order valence-electron chi connectivity index (χ0n) is 16.0. The van der Waals surface area contributed by atoms with Gasteiger partial charge in [-0.15, -0.1) is 0 Å². The summed E-state index contributed by atoms with van der Waals surface area (Å²) in [7, 11) is 3.05. The van der Waals surface area contributed by atoms with Crippen molar-refractivity contribution in [1.82, 2.24) is 9.80 Å². The maximum atomic E-state index is 13.9. The highest BCUT2D eigenvalue weighted by Gasteiger charge is 2.26. The minimum Gasteiger partial charge on any atom is -0.497 e. The first kappa shape index (κ1) is 19.7. The minimum atomic E-state index is -0.536. The van der Waals surface area contributed by atoms with E-state index in [1.165, 1.54) is 26.4 Å². The molecule has 1 heterocycles. The molecule has 7 heteroatoms. The Hall–Kier alpha value is -3.09. The molecule has 1 saturated heterocycles. The van der Waals surface area contributed by atoms with Gasteiger partial charge in [0.2, 0.25) is 0 Å². The first-order chi connectivity index (χ1) is 13.5. The van der Waals surface area contributed by atoms with E-state index >= 15 is 0 Å². The zero-order chi connectivity index (χ0) is 20.1. The van der Waals surface area contributed by atoms with Crippen molar-refractivity contribution in [2.75, 3.05) is 40.4 Å². The topological polar surface area (TPSA) is 59.1 Å². The molecular formula is C21H23FN2O4. The molecule has 6 nitrogen and oxygen atoms in total. The number of rotatable bonds is 4. The van der Waals surface area contributed by atoms with Crippen LogP contribution in [-0.2, 0) is 0 Å². The molecule has 28 heavy (non-hydrogen) atoms. The van der Waals surface area contributed by atoms with Gasteiger partial charge in [0.25, 0.3) is 11.8 Å². The van der Waals surface area contributed by atoms with Gasteiger partial charge in [-0.2, -0.15) is 0 Å². The van der Waals surface area contributed by atoms with Crippen molar-refractivity contribution >= 4 is 11.8 Å². The lowest BCUT2D eigenvalue weighted by molar-refractivity contribution is 0.0714. The molecule has 2 amide bonds. The van der Waals surface area contributed by atoms with Crippen LogP contribution in [0.1, 0.15) is 27.1 Å². The van der Waals surface area contributed by atoms with E-state index in [0.717, 1.165) is 0 Å². The Morgan fingerprint density at radius 1 is 0.857 bits per heavy atom. The highest BCUT2D eigenvalue weighted by molar-refractivity contribution is 5.98. The highest BCUT2D eigenvalue weighted by Crippen LogP contribution is 2.26. The summed E-state index contributed by atoms with van der Waals surface area (Å²) in [5.74, 6) is -0.0437. The summed E-state index contributed by atoms with van der Waals surface area (Å²) in [5, 5.41) is 0. The monoisotopic (exact) mass is 386 g/mol. The van der Waals surface area contributed by atoms with Crippen LogP contribution in [0.15, 0.2) is 42.5 Å². The van der Waals surface area contributed by atoms with Gasteiger partial charge in [0.05, 0.1) is 25.3 Å². The SMILES string of the molecule is COc1ccc(OC)c(C(=O)N2CCCN(C(=O)c3ccccc3F)CC2)c1. The molecule has 0 atom stereocenters. The maximum Gasteiger partial charge on any atom is 0.257 e. The van der Waals surface area contributed by atoms with Crippen LogP contribution in [0.4, 0.5) is 4.39 Å². The van der Waals surface area contributed by atoms with Crippen LogP contribution in [0.2, 0.25) is 0 Å². The molecule has 0 bridgehead atoms. The van der Waals surface area contributed by atoms with E-state index in [0.29, 0.717) is 49.7 Å². The Morgan fingerprint density at radius 2 is 1.50 bits per heavy atom. The summed E-state index contributed by atoms with van der Waals surface area (Å²) < 4.78 is 24.5. The van der Waals surface area contributed by atoms with Gasteiger partial charge < -0.3 is 19.3 Å². The second-order valence-corrected chi connectivity index (χ2v) is 6.48. The standard InChI is InChI=1S/C21H23FN2O4/c1-27-15-8-9-19(28-2)17(14-15)21(26)24-11-5-10-23(12-13-24)20(25)16-6-3-4-7-18(16)22/h3-4,6-9,14H,5,10-13H2,1-2H3. The molecule has 0 radical (unpaired) electrons. The van der Waals surface area contributed by atoms with Crippen molar-refractivity contribution in [1.29, 1.82) is 0 Å². The molecule has 0 N–H and O–H groups in total. The molecule has 148 valence electrons. The van der Waals surface area contributed by atoms with Crippen LogP contribution in [-0.4, -0.2) is 62.0 Å². The van der Waals surface area contributed by atoms with Crippen LogP contribution >= 0.6 is 0 Å². The second kappa shape index (κ2) is 8.73. The van der Waals surface area contributed by atoms with Crippen molar-refractivity contribution < 1.29 is 23.5 Å². The van der Waals surface area contributed by atoms with E-state index in [2.05, 4.69) is 0 Å². The van der Waals surface area contributed by atoms with E-state index in [4.69, 9.17) is 9.47 Å². The highest BCUT2D eigenvalue weighted by atomic mass is 19.1. The van der Waals surface area contributed by atoms with Crippen LogP contribution in [0.25, 0.3) is 0 Å². The average molecular weight is 386 g/mol.